The van der Waals surface area contributed by atoms with Crippen LogP contribution in [0, 0.1) is 58.2 Å². The van der Waals surface area contributed by atoms with E-state index in [1.54, 1.807) is 0 Å². The van der Waals surface area contributed by atoms with Crippen molar-refractivity contribution in [2.75, 3.05) is 0 Å². The predicted octanol–water partition coefficient (Wildman–Crippen LogP) is 9.09. The SMILES string of the molecule is CCC(C)C1(C(C(C)C)C(C)CC(C)C(C)C(C)C(C)(C)C)CCC(C)C1. The molecule has 0 nitrogen and oxygen atoms in total. The molecule has 0 aromatic carbocycles. The van der Waals surface area contributed by atoms with Gasteiger partial charge in [-0.3, -0.25) is 0 Å². The van der Waals surface area contributed by atoms with Gasteiger partial charge in [-0.2, -0.15) is 0 Å². The van der Waals surface area contributed by atoms with Crippen molar-refractivity contribution in [1.82, 2.24) is 0 Å². The summed E-state index contributed by atoms with van der Waals surface area (Å²) in [4.78, 5) is 0. The summed E-state index contributed by atoms with van der Waals surface area (Å²) in [6.07, 6.45) is 7.14. The van der Waals surface area contributed by atoms with Crippen LogP contribution in [-0.2, 0) is 0 Å². The first-order chi connectivity index (χ1) is 12.3. The van der Waals surface area contributed by atoms with Crippen LogP contribution in [0.2, 0.25) is 0 Å². The van der Waals surface area contributed by atoms with E-state index in [0.29, 0.717) is 10.8 Å². The van der Waals surface area contributed by atoms with Gasteiger partial charge in [0.25, 0.3) is 0 Å². The summed E-state index contributed by atoms with van der Waals surface area (Å²) in [5.74, 6) is 6.65. The lowest BCUT2D eigenvalue weighted by atomic mass is 9.56. The smallest absolute Gasteiger partial charge is 0.0236 e. The molecule has 0 heterocycles. The Morgan fingerprint density at radius 2 is 1.48 bits per heavy atom. The monoisotopic (exact) mass is 378 g/mol. The van der Waals surface area contributed by atoms with Crippen LogP contribution < -0.4 is 0 Å². The molecule has 0 aromatic heterocycles. The van der Waals surface area contributed by atoms with Crippen LogP contribution in [-0.4, -0.2) is 0 Å². The Morgan fingerprint density at radius 3 is 1.85 bits per heavy atom. The zero-order valence-corrected chi connectivity index (χ0v) is 21.2. The fraction of sp³-hybridized carbons (Fsp3) is 1.00. The zero-order valence-electron chi connectivity index (χ0n) is 21.2. The van der Waals surface area contributed by atoms with E-state index in [0.717, 1.165) is 47.3 Å². The minimum absolute atomic E-state index is 0.410. The highest BCUT2D eigenvalue weighted by atomic mass is 14.5. The molecule has 27 heavy (non-hydrogen) atoms. The van der Waals surface area contributed by atoms with Gasteiger partial charge in [0.15, 0.2) is 0 Å². The third-order valence-corrected chi connectivity index (χ3v) is 9.22. The molecular weight excluding hydrogens is 324 g/mol. The molecule has 0 heteroatoms. The lowest BCUT2D eigenvalue weighted by molar-refractivity contribution is -0.00104. The van der Waals surface area contributed by atoms with Gasteiger partial charge in [0.05, 0.1) is 0 Å². The fourth-order valence-corrected chi connectivity index (χ4v) is 6.97. The Morgan fingerprint density at radius 1 is 0.926 bits per heavy atom. The van der Waals surface area contributed by atoms with E-state index in [9.17, 15) is 0 Å². The molecule has 0 amide bonds. The van der Waals surface area contributed by atoms with Gasteiger partial charge >= 0.3 is 0 Å². The third-order valence-electron chi connectivity index (χ3n) is 9.22. The van der Waals surface area contributed by atoms with Crippen LogP contribution in [0.5, 0.6) is 0 Å². The molecule has 1 fully saturated rings. The highest BCUT2D eigenvalue weighted by Crippen LogP contribution is 2.58. The maximum atomic E-state index is 2.60. The van der Waals surface area contributed by atoms with Gasteiger partial charge in [-0.1, -0.05) is 95.9 Å². The quantitative estimate of drug-likeness (QED) is 0.375. The number of hydrogen-bond donors (Lipinski definition) is 0. The van der Waals surface area contributed by atoms with Gasteiger partial charge < -0.3 is 0 Å². The third kappa shape index (κ3) is 5.76. The van der Waals surface area contributed by atoms with Crippen LogP contribution in [0.15, 0.2) is 0 Å². The van der Waals surface area contributed by atoms with Crippen LogP contribution in [0.4, 0.5) is 0 Å². The van der Waals surface area contributed by atoms with Crippen molar-refractivity contribution < 1.29 is 0 Å². The van der Waals surface area contributed by atoms with E-state index in [2.05, 4.69) is 83.1 Å². The molecular formula is C27H54. The van der Waals surface area contributed by atoms with Gasteiger partial charge in [0, 0.05) is 0 Å². The minimum Gasteiger partial charge on any atom is -0.0651 e. The number of hydrogen-bond acceptors (Lipinski definition) is 0. The second kappa shape index (κ2) is 9.67. The van der Waals surface area contributed by atoms with Gasteiger partial charge in [0.2, 0.25) is 0 Å². The maximum absolute atomic E-state index is 2.60. The Hall–Kier alpha value is 0. The summed E-state index contributed by atoms with van der Waals surface area (Å²) >= 11 is 0. The fourth-order valence-electron chi connectivity index (χ4n) is 6.97. The molecule has 0 aliphatic heterocycles. The molecule has 1 aliphatic rings. The first kappa shape index (κ1) is 25.0. The molecule has 0 bridgehead atoms. The van der Waals surface area contributed by atoms with Crippen molar-refractivity contribution in [3.8, 4) is 0 Å². The Bertz CT molecular complexity index is 428. The van der Waals surface area contributed by atoms with Crippen molar-refractivity contribution >= 4 is 0 Å². The van der Waals surface area contributed by atoms with Gasteiger partial charge in [-0.05, 0) is 77.4 Å². The minimum atomic E-state index is 0.410. The summed E-state index contributed by atoms with van der Waals surface area (Å²) in [6.45, 7) is 29.9. The Balaban J connectivity index is 3.02. The van der Waals surface area contributed by atoms with Crippen LogP contribution in [0.1, 0.15) is 115 Å². The van der Waals surface area contributed by atoms with Crippen LogP contribution in [0.3, 0.4) is 0 Å². The summed E-state index contributed by atoms with van der Waals surface area (Å²) in [5.41, 5.74) is 0.994. The molecule has 8 unspecified atom stereocenters. The largest absolute Gasteiger partial charge is 0.0651 e. The van der Waals surface area contributed by atoms with Crippen LogP contribution in [0.25, 0.3) is 0 Å². The molecule has 1 aliphatic carbocycles. The van der Waals surface area contributed by atoms with E-state index in [-0.39, 0.29) is 0 Å². The highest BCUT2D eigenvalue weighted by Gasteiger charge is 2.49. The molecule has 0 radical (unpaired) electrons. The lowest BCUT2D eigenvalue weighted by Gasteiger charge is -2.49. The van der Waals surface area contributed by atoms with E-state index in [1.165, 1.54) is 32.1 Å². The Labute approximate surface area is 173 Å². The molecule has 1 saturated carbocycles. The number of rotatable bonds is 9. The average molecular weight is 379 g/mol. The van der Waals surface area contributed by atoms with E-state index in [4.69, 9.17) is 0 Å². The normalized spacial score (nSPS) is 30.8. The standard InChI is InChI=1S/C27H54/c1-13-22(7)27(15-14-19(4)17-27)25(18(2)3)21(6)16-20(5)23(8)24(9)26(10,11)12/h18-25H,13-17H2,1-12H3. The zero-order chi connectivity index (χ0) is 21.2. The molecule has 0 spiro atoms. The molecule has 8 atom stereocenters. The van der Waals surface area contributed by atoms with E-state index < -0.39 is 0 Å². The second-order valence-corrected chi connectivity index (χ2v) is 12.4. The second-order valence-electron chi connectivity index (χ2n) is 12.4. The topological polar surface area (TPSA) is 0 Å². The van der Waals surface area contributed by atoms with E-state index in [1.807, 2.05) is 0 Å². The molecule has 162 valence electrons. The van der Waals surface area contributed by atoms with Crippen LogP contribution >= 0.6 is 0 Å². The van der Waals surface area contributed by atoms with Crippen molar-refractivity contribution in [2.24, 2.45) is 58.2 Å². The summed E-state index contributed by atoms with van der Waals surface area (Å²) in [7, 11) is 0. The highest BCUT2D eigenvalue weighted by molar-refractivity contribution is 4.99. The molecule has 1 rings (SSSR count). The van der Waals surface area contributed by atoms with Crippen molar-refractivity contribution in [3.63, 3.8) is 0 Å². The summed E-state index contributed by atoms with van der Waals surface area (Å²) in [6, 6.07) is 0. The van der Waals surface area contributed by atoms with Gasteiger partial charge in [0.1, 0.15) is 0 Å². The maximum Gasteiger partial charge on any atom is -0.0236 e. The van der Waals surface area contributed by atoms with Crippen molar-refractivity contribution in [3.05, 3.63) is 0 Å². The Kier molecular flexibility index (Phi) is 8.96. The average Bonchev–Trinajstić information content (AvgIpc) is 2.93. The molecule has 0 aromatic rings. The summed E-state index contributed by atoms with van der Waals surface area (Å²) < 4.78 is 0. The predicted molar refractivity (Wildman–Crippen MR) is 124 cm³/mol. The first-order valence-electron chi connectivity index (χ1n) is 12.3. The van der Waals surface area contributed by atoms with E-state index >= 15 is 0 Å². The molecule has 0 N–H and O–H groups in total. The van der Waals surface area contributed by atoms with Crippen molar-refractivity contribution in [1.29, 1.82) is 0 Å². The van der Waals surface area contributed by atoms with Gasteiger partial charge in [-0.15, -0.1) is 0 Å². The van der Waals surface area contributed by atoms with Crippen molar-refractivity contribution in [2.45, 2.75) is 115 Å². The van der Waals surface area contributed by atoms with Gasteiger partial charge in [-0.25, -0.2) is 0 Å². The molecule has 0 saturated heterocycles. The first-order valence-corrected chi connectivity index (χ1v) is 12.3. The summed E-state index contributed by atoms with van der Waals surface area (Å²) in [5, 5.41) is 0. The lowest BCUT2D eigenvalue weighted by Crippen LogP contribution is -2.42.